The second kappa shape index (κ2) is 9.26. The molecular weight excluding hydrogens is 503 g/mol. The van der Waals surface area contributed by atoms with Crippen LogP contribution in [0.2, 0.25) is 0 Å². The SMILES string of the molecule is CC(=O)N1C[C@H]2C[C@@H]1C[C@@H]2c1ccc(-c2cc(C(=O)O)cc3cc(-c4ccc(C(F)(F)F)cc4)ccc23)cc1. The topological polar surface area (TPSA) is 57.6 Å². The Bertz CT molecular complexity index is 1590. The highest BCUT2D eigenvalue weighted by atomic mass is 19.4. The summed E-state index contributed by atoms with van der Waals surface area (Å²) in [5.74, 6) is -0.0349. The van der Waals surface area contributed by atoms with Crippen LogP contribution in [0.1, 0.15) is 47.2 Å². The van der Waals surface area contributed by atoms with Crippen LogP contribution in [0.15, 0.2) is 78.9 Å². The molecular formula is C32H26F3NO3. The van der Waals surface area contributed by atoms with E-state index in [2.05, 4.69) is 12.1 Å². The predicted molar refractivity (Wildman–Crippen MR) is 143 cm³/mol. The van der Waals surface area contributed by atoms with Crippen LogP contribution in [0.25, 0.3) is 33.0 Å². The molecule has 6 rings (SSSR count). The first-order valence-corrected chi connectivity index (χ1v) is 12.9. The minimum absolute atomic E-state index is 0.142. The Labute approximate surface area is 223 Å². The van der Waals surface area contributed by atoms with E-state index in [-0.39, 0.29) is 11.5 Å². The molecule has 1 aliphatic carbocycles. The molecule has 2 fully saturated rings. The van der Waals surface area contributed by atoms with Crippen LogP contribution in [-0.2, 0) is 11.0 Å². The average molecular weight is 530 g/mol. The lowest BCUT2D eigenvalue weighted by atomic mass is 9.86. The van der Waals surface area contributed by atoms with Crippen molar-refractivity contribution in [1.29, 1.82) is 0 Å². The molecule has 2 bridgehead atoms. The van der Waals surface area contributed by atoms with Gasteiger partial charge >= 0.3 is 12.1 Å². The first kappa shape index (κ1) is 25.2. The highest BCUT2D eigenvalue weighted by Gasteiger charge is 2.45. The maximum Gasteiger partial charge on any atom is 0.416 e. The summed E-state index contributed by atoms with van der Waals surface area (Å²) in [5.41, 5.74) is 3.66. The first-order chi connectivity index (χ1) is 18.6. The molecule has 1 amide bonds. The number of piperidine rings is 1. The molecule has 0 radical (unpaired) electrons. The van der Waals surface area contributed by atoms with Gasteiger partial charge < -0.3 is 10.0 Å². The van der Waals surface area contributed by atoms with Crippen molar-refractivity contribution in [2.24, 2.45) is 5.92 Å². The molecule has 0 spiro atoms. The quantitative estimate of drug-likeness (QED) is 0.296. The normalized spacial score (nSPS) is 20.5. The van der Waals surface area contributed by atoms with E-state index in [1.165, 1.54) is 17.7 Å². The van der Waals surface area contributed by atoms with Gasteiger partial charge in [-0.25, -0.2) is 4.79 Å². The van der Waals surface area contributed by atoms with Crippen LogP contribution in [0.3, 0.4) is 0 Å². The minimum atomic E-state index is -4.41. The summed E-state index contributed by atoms with van der Waals surface area (Å²) in [6.07, 6.45) is -2.40. The number of fused-ring (bicyclic) bond motifs is 3. The van der Waals surface area contributed by atoms with Gasteiger partial charge in [-0.15, -0.1) is 0 Å². The molecule has 1 saturated carbocycles. The van der Waals surface area contributed by atoms with Crippen molar-refractivity contribution in [1.82, 2.24) is 4.90 Å². The molecule has 1 aliphatic heterocycles. The summed E-state index contributed by atoms with van der Waals surface area (Å²) in [7, 11) is 0. The number of hydrogen-bond donors (Lipinski definition) is 1. The zero-order valence-electron chi connectivity index (χ0n) is 21.2. The van der Waals surface area contributed by atoms with Crippen molar-refractivity contribution < 1.29 is 27.9 Å². The number of alkyl halides is 3. The molecule has 198 valence electrons. The molecule has 0 unspecified atom stereocenters. The number of halogens is 3. The largest absolute Gasteiger partial charge is 0.478 e. The van der Waals surface area contributed by atoms with Crippen LogP contribution in [0, 0.1) is 5.92 Å². The van der Waals surface area contributed by atoms with Crippen molar-refractivity contribution in [3.8, 4) is 22.3 Å². The fourth-order valence-corrected chi connectivity index (χ4v) is 6.42. The maximum absolute atomic E-state index is 13.0. The third-order valence-electron chi connectivity index (χ3n) is 8.34. The first-order valence-electron chi connectivity index (χ1n) is 12.9. The minimum Gasteiger partial charge on any atom is -0.478 e. The number of carbonyl (C=O) groups excluding carboxylic acids is 1. The summed E-state index contributed by atoms with van der Waals surface area (Å²) in [6.45, 7) is 2.44. The van der Waals surface area contributed by atoms with Crippen molar-refractivity contribution >= 4 is 22.6 Å². The highest BCUT2D eigenvalue weighted by Crippen LogP contribution is 2.48. The number of carboxylic acid groups (broad SMARTS) is 1. The lowest BCUT2D eigenvalue weighted by Crippen LogP contribution is -2.38. The average Bonchev–Trinajstić information content (AvgIpc) is 3.53. The Hall–Kier alpha value is -4.13. The van der Waals surface area contributed by atoms with Gasteiger partial charge in [-0.3, -0.25) is 4.79 Å². The molecule has 1 heterocycles. The fraction of sp³-hybridized carbons (Fsp3) is 0.250. The number of carbonyl (C=O) groups is 2. The molecule has 4 nitrogen and oxygen atoms in total. The number of likely N-dealkylation sites (tertiary alicyclic amines) is 1. The molecule has 4 aromatic rings. The lowest BCUT2D eigenvalue weighted by Gasteiger charge is -2.31. The summed E-state index contributed by atoms with van der Waals surface area (Å²) in [4.78, 5) is 25.8. The van der Waals surface area contributed by atoms with Gasteiger partial charge in [-0.1, -0.05) is 48.5 Å². The van der Waals surface area contributed by atoms with Crippen LogP contribution < -0.4 is 0 Å². The van der Waals surface area contributed by atoms with Gasteiger partial charge in [-0.05, 0) is 93.6 Å². The number of benzene rings is 4. The number of rotatable bonds is 4. The van der Waals surface area contributed by atoms with E-state index >= 15 is 0 Å². The van der Waals surface area contributed by atoms with Crippen molar-refractivity contribution in [2.75, 3.05) is 6.54 Å². The Morgan fingerprint density at radius 3 is 2.10 bits per heavy atom. The van der Waals surface area contributed by atoms with Crippen molar-refractivity contribution in [2.45, 2.75) is 37.9 Å². The highest BCUT2D eigenvalue weighted by molar-refractivity contribution is 6.04. The van der Waals surface area contributed by atoms with Crippen LogP contribution >= 0.6 is 0 Å². The predicted octanol–water partition coefficient (Wildman–Crippen LogP) is 7.62. The van der Waals surface area contributed by atoms with Gasteiger partial charge in [-0.2, -0.15) is 13.2 Å². The standard InChI is InChI=1S/C32H26F3NO3/c1-18(37)36-17-25-14-27(36)16-29(25)20-2-4-21(5-3-20)30-15-24(31(38)39)13-23-12-22(8-11-28(23)30)19-6-9-26(10-7-19)32(33,34)35/h2-13,15,25,27,29H,14,16-17H2,1H3,(H,38,39)/t25-,27-,29-/m1/s1. The van der Waals surface area contributed by atoms with Gasteiger partial charge in [0.25, 0.3) is 0 Å². The molecule has 39 heavy (non-hydrogen) atoms. The zero-order chi connectivity index (χ0) is 27.5. The van der Waals surface area contributed by atoms with Gasteiger partial charge in [0.2, 0.25) is 5.91 Å². The Kier molecular flexibility index (Phi) is 5.97. The fourth-order valence-electron chi connectivity index (χ4n) is 6.42. The molecule has 3 atom stereocenters. The van der Waals surface area contributed by atoms with Gasteiger partial charge in [0.05, 0.1) is 11.1 Å². The third-order valence-corrected chi connectivity index (χ3v) is 8.34. The van der Waals surface area contributed by atoms with E-state index < -0.39 is 17.7 Å². The Morgan fingerprint density at radius 2 is 1.51 bits per heavy atom. The second-order valence-corrected chi connectivity index (χ2v) is 10.6. The van der Waals surface area contributed by atoms with Crippen LogP contribution in [0.5, 0.6) is 0 Å². The van der Waals surface area contributed by atoms with Crippen molar-refractivity contribution in [3.63, 3.8) is 0 Å². The van der Waals surface area contributed by atoms with E-state index in [1.807, 2.05) is 35.2 Å². The molecule has 7 heteroatoms. The van der Waals surface area contributed by atoms with E-state index in [1.54, 1.807) is 19.1 Å². The molecule has 1 saturated heterocycles. The monoisotopic (exact) mass is 529 g/mol. The van der Waals surface area contributed by atoms with Crippen molar-refractivity contribution in [3.05, 3.63) is 95.6 Å². The van der Waals surface area contributed by atoms with E-state index in [4.69, 9.17) is 0 Å². The molecule has 2 aliphatic rings. The molecule has 4 aromatic carbocycles. The number of hydrogen-bond acceptors (Lipinski definition) is 2. The lowest BCUT2D eigenvalue weighted by molar-refractivity contribution is -0.137. The summed E-state index contributed by atoms with van der Waals surface area (Å²) >= 11 is 0. The Balaban J connectivity index is 1.33. The number of carboxylic acids is 1. The summed E-state index contributed by atoms with van der Waals surface area (Å²) in [6, 6.07) is 22.3. The van der Waals surface area contributed by atoms with Crippen LogP contribution in [-0.4, -0.2) is 34.5 Å². The van der Waals surface area contributed by atoms with E-state index in [0.29, 0.717) is 34.4 Å². The zero-order valence-corrected chi connectivity index (χ0v) is 21.2. The number of amides is 1. The molecule has 0 aromatic heterocycles. The summed E-state index contributed by atoms with van der Waals surface area (Å²) < 4.78 is 38.9. The maximum atomic E-state index is 13.0. The van der Waals surface area contributed by atoms with Gasteiger partial charge in [0.1, 0.15) is 0 Å². The van der Waals surface area contributed by atoms with Gasteiger partial charge in [0, 0.05) is 19.5 Å². The van der Waals surface area contributed by atoms with Gasteiger partial charge in [0.15, 0.2) is 0 Å². The third kappa shape index (κ3) is 4.56. The Morgan fingerprint density at radius 1 is 0.846 bits per heavy atom. The number of aromatic carboxylic acids is 1. The van der Waals surface area contributed by atoms with Crippen LogP contribution in [0.4, 0.5) is 13.2 Å². The second-order valence-electron chi connectivity index (χ2n) is 10.6. The van der Waals surface area contributed by atoms with E-state index in [0.717, 1.165) is 48.0 Å². The number of nitrogens with zero attached hydrogens (tertiary/aromatic N) is 1. The van der Waals surface area contributed by atoms with E-state index in [9.17, 15) is 27.9 Å². The molecule has 1 N–H and O–H groups in total. The summed E-state index contributed by atoms with van der Waals surface area (Å²) in [5, 5.41) is 11.3. The smallest absolute Gasteiger partial charge is 0.416 e.